The summed E-state index contributed by atoms with van der Waals surface area (Å²) in [4.78, 5) is 17.1. The van der Waals surface area contributed by atoms with Crippen molar-refractivity contribution < 1.29 is 13.2 Å². The Morgan fingerprint density at radius 1 is 1.00 bits per heavy atom. The molecule has 2 aromatic carbocycles. The molecule has 1 saturated heterocycles. The summed E-state index contributed by atoms with van der Waals surface area (Å²) in [6.07, 6.45) is 4.93. The monoisotopic (exact) mass is 457 g/mol. The van der Waals surface area contributed by atoms with Crippen molar-refractivity contribution in [1.82, 2.24) is 14.6 Å². The van der Waals surface area contributed by atoms with Crippen molar-refractivity contribution in [2.24, 2.45) is 0 Å². The molecule has 3 aromatic rings. The molecule has 8 heteroatoms. The number of nitrogens with zero attached hydrogens (tertiary/aromatic N) is 2. The molecule has 1 aliphatic heterocycles. The molecule has 0 unspecified atom stereocenters. The molecule has 0 aliphatic carbocycles. The van der Waals surface area contributed by atoms with E-state index in [1.54, 1.807) is 27.8 Å². The second-order valence-electron chi connectivity index (χ2n) is 7.81. The van der Waals surface area contributed by atoms with E-state index in [0.29, 0.717) is 37.4 Å². The molecule has 1 aromatic heterocycles. The van der Waals surface area contributed by atoms with Crippen molar-refractivity contribution in [3.05, 3.63) is 59.1 Å². The number of fused-ring (bicyclic) bond motifs is 1. The zero-order valence-electron chi connectivity index (χ0n) is 17.4. The van der Waals surface area contributed by atoms with E-state index in [1.165, 1.54) is 0 Å². The third-order valence-corrected chi connectivity index (χ3v) is 8.49. The van der Waals surface area contributed by atoms with Gasteiger partial charge in [0.15, 0.2) is 0 Å². The molecule has 0 atom stereocenters. The summed E-state index contributed by atoms with van der Waals surface area (Å²) < 4.78 is 28.4. The second kappa shape index (κ2) is 9.89. The Kier molecular flexibility index (Phi) is 6.99. The summed E-state index contributed by atoms with van der Waals surface area (Å²) >= 11 is 1.58. The summed E-state index contributed by atoms with van der Waals surface area (Å²) in [5.41, 5.74) is 1.90. The first-order chi connectivity index (χ1) is 15.0. The van der Waals surface area contributed by atoms with Gasteiger partial charge >= 0.3 is 0 Å². The third kappa shape index (κ3) is 5.50. The van der Waals surface area contributed by atoms with Gasteiger partial charge in [0.25, 0.3) is 0 Å². The molecule has 1 amide bonds. The van der Waals surface area contributed by atoms with Gasteiger partial charge in [-0.2, -0.15) is 4.31 Å². The Labute approximate surface area is 187 Å². The average Bonchev–Trinajstić information content (AvgIpc) is 2.99. The quantitative estimate of drug-likeness (QED) is 0.579. The number of aryl methyl sites for hydroxylation is 1. The van der Waals surface area contributed by atoms with Gasteiger partial charge in [0.2, 0.25) is 15.9 Å². The lowest BCUT2D eigenvalue weighted by Crippen LogP contribution is -2.31. The molecule has 1 aliphatic rings. The van der Waals surface area contributed by atoms with Crippen LogP contribution < -0.4 is 5.32 Å². The van der Waals surface area contributed by atoms with Crippen LogP contribution in [0.5, 0.6) is 0 Å². The zero-order chi connectivity index (χ0) is 21.7. The van der Waals surface area contributed by atoms with Crippen LogP contribution in [0.2, 0.25) is 0 Å². The van der Waals surface area contributed by atoms with Gasteiger partial charge in [-0.25, -0.2) is 13.4 Å². The summed E-state index contributed by atoms with van der Waals surface area (Å²) in [5, 5.41) is 3.81. The number of hydrogen-bond acceptors (Lipinski definition) is 5. The van der Waals surface area contributed by atoms with Crippen LogP contribution in [0.15, 0.2) is 53.4 Å². The summed E-state index contributed by atoms with van der Waals surface area (Å²) in [6, 6.07) is 14.9. The van der Waals surface area contributed by atoms with E-state index in [-0.39, 0.29) is 5.91 Å². The second-order valence-corrected chi connectivity index (χ2v) is 10.9. The number of benzene rings is 2. The van der Waals surface area contributed by atoms with Crippen molar-refractivity contribution >= 4 is 37.5 Å². The smallest absolute Gasteiger partial charge is 0.243 e. The molecule has 6 nitrogen and oxygen atoms in total. The first-order valence-electron chi connectivity index (χ1n) is 10.7. The Hall–Kier alpha value is -2.29. The van der Waals surface area contributed by atoms with E-state index in [2.05, 4.69) is 10.3 Å². The minimum atomic E-state index is -3.44. The van der Waals surface area contributed by atoms with Crippen molar-refractivity contribution in [3.8, 4) is 0 Å². The fourth-order valence-corrected chi connectivity index (χ4v) is 6.20. The molecular formula is C23H27N3O3S2. The first kappa shape index (κ1) is 21.9. The van der Waals surface area contributed by atoms with Gasteiger partial charge in [-0.15, -0.1) is 11.3 Å². The number of amides is 1. The molecule has 1 fully saturated rings. The van der Waals surface area contributed by atoms with E-state index in [1.807, 2.05) is 36.4 Å². The molecule has 2 heterocycles. The largest absolute Gasteiger partial charge is 0.350 e. The van der Waals surface area contributed by atoms with E-state index >= 15 is 0 Å². The molecule has 164 valence electrons. The average molecular weight is 458 g/mol. The summed E-state index contributed by atoms with van der Waals surface area (Å²) in [7, 11) is -3.44. The first-order valence-corrected chi connectivity index (χ1v) is 13.0. The molecule has 1 N–H and O–H groups in total. The lowest BCUT2D eigenvalue weighted by molar-refractivity contribution is -0.121. The Morgan fingerprint density at radius 3 is 2.42 bits per heavy atom. The topological polar surface area (TPSA) is 79.4 Å². The van der Waals surface area contributed by atoms with Crippen LogP contribution >= 0.6 is 11.3 Å². The van der Waals surface area contributed by atoms with E-state index in [9.17, 15) is 13.2 Å². The highest BCUT2D eigenvalue weighted by Gasteiger charge is 2.24. The minimum absolute atomic E-state index is 0.0412. The SMILES string of the molecule is O=C(CCc1ccc(S(=O)(=O)N2CCCCCC2)cc1)NCc1nc2ccccc2s1. The molecule has 31 heavy (non-hydrogen) atoms. The predicted molar refractivity (Wildman–Crippen MR) is 123 cm³/mol. The van der Waals surface area contributed by atoms with Gasteiger partial charge in [-0.05, 0) is 49.1 Å². The zero-order valence-corrected chi connectivity index (χ0v) is 19.1. The fourth-order valence-electron chi connectivity index (χ4n) is 3.78. The maximum Gasteiger partial charge on any atom is 0.243 e. The van der Waals surface area contributed by atoms with Crippen LogP contribution in [0.1, 0.15) is 42.7 Å². The van der Waals surface area contributed by atoms with Crippen molar-refractivity contribution in [3.63, 3.8) is 0 Å². The van der Waals surface area contributed by atoms with Crippen LogP contribution in [0.3, 0.4) is 0 Å². The van der Waals surface area contributed by atoms with Gasteiger partial charge in [-0.3, -0.25) is 4.79 Å². The lowest BCUT2D eigenvalue weighted by Gasteiger charge is -2.20. The van der Waals surface area contributed by atoms with E-state index in [0.717, 1.165) is 46.5 Å². The highest BCUT2D eigenvalue weighted by Crippen LogP contribution is 2.22. The molecule has 4 rings (SSSR count). The van der Waals surface area contributed by atoms with Crippen LogP contribution in [0.25, 0.3) is 10.2 Å². The normalized spacial score (nSPS) is 15.6. The Morgan fingerprint density at radius 2 is 1.71 bits per heavy atom. The van der Waals surface area contributed by atoms with Crippen LogP contribution in [-0.4, -0.2) is 36.7 Å². The van der Waals surface area contributed by atoms with Gasteiger partial charge in [-0.1, -0.05) is 37.1 Å². The predicted octanol–water partition coefficient (Wildman–Crippen LogP) is 4.11. The van der Waals surface area contributed by atoms with E-state index < -0.39 is 10.0 Å². The third-order valence-electron chi connectivity index (χ3n) is 5.54. The number of carbonyl (C=O) groups excluding carboxylic acids is 1. The number of nitrogens with one attached hydrogen (secondary N) is 1. The molecule has 0 spiro atoms. The number of thiazole rings is 1. The van der Waals surface area contributed by atoms with Crippen molar-refractivity contribution in [2.75, 3.05) is 13.1 Å². The van der Waals surface area contributed by atoms with Gasteiger partial charge in [0.05, 0.1) is 21.7 Å². The number of hydrogen-bond donors (Lipinski definition) is 1. The molecule has 0 bridgehead atoms. The lowest BCUT2D eigenvalue weighted by atomic mass is 10.1. The van der Waals surface area contributed by atoms with E-state index in [4.69, 9.17) is 0 Å². The van der Waals surface area contributed by atoms with Crippen LogP contribution in [0, 0.1) is 0 Å². The number of rotatable bonds is 7. The van der Waals surface area contributed by atoms with Gasteiger partial charge < -0.3 is 5.32 Å². The van der Waals surface area contributed by atoms with Crippen LogP contribution in [0.4, 0.5) is 0 Å². The van der Waals surface area contributed by atoms with Crippen LogP contribution in [-0.2, 0) is 27.8 Å². The summed E-state index contributed by atoms with van der Waals surface area (Å²) in [6.45, 7) is 1.61. The Balaban J connectivity index is 1.29. The number of para-hydroxylation sites is 1. The standard InChI is InChI=1S/C23H27N3O3S2/c27-22(24-17-23-25-20-7-3-4-8-21(20)30-23)14-11-18-9-12-19(13-10-18)31(28,29)26-15-5-1-2-6-16-26/h3-4,7-10,12-13H,1-2,5-6,11,14-17H2,(H,24,27). The van der Waals surface area contributed by atoms with Gasteiger partial charge in [0.1, 0.15) is 5.01 Å². The van der Waals surface area contributed by atoms with Crippen molar-refractivity contribution in [1.29, 1.82) is 0 Å². The Bertz CT molecular complexity index is 1100. The van der Waals surface area contributed by atoms with Gasteiger partial charge in [0, 0.05) is 19.5 Å². The highest BCUT2D eigenvalue weighted by atomic mass is 32.2. The highest BCUT2D eigenvalue weighted by molar-refractivity contribution is 7.89. The van der Waals surface area contributed by atoms with Crippen molar-refractivity contribution in [2.45, 2.75) is 50.0 Å². The molecular weight excluding hydrogens is 430 g/mol. The molecule has 0 radical (unpaired) electrons. The maximum absolute atomic E-state index is 12.9. The minimum Gasteiger partial charge on any atom is -0.350 e. The molecule has 0 saturated carbocycles. The number of aromatic nitrogens is 1. The fraction of sp³-hybridized carbons (Fsp3) is 0.391. The number of carbonyl (C=O) groups is 1. The maximum atomic E-state index is 12.9. The summed E-state index contributed by atoms with van der Waals surface area (Å²) in [5.74, 6) is -0.0412. The number of sulfonamides is 1.